The molecule has 78 valence electrons. The second kappa shape index (κ2) is 4.10. The van der Waals surface area contributed by atoms with Gasteiger partial charge in [-0.1, -0.05) is 12.1 Å². The average Bonchev–Trinajstić information content (AvgIpc) is 2.30. The van der Waals surface area contributed by atoms with Crippen LogP contribution in [0.15, 0.2) is 36.5 Å². The summed E-state index contributed by atoms with van der Waals surface area (Å²) in [5.74, 6) is 0. The fourth-order valence-corrected chi connectivity index (χ4v) is 1.49. The molecule has 0 bridgehead atoms. The highest BCUT2D eigenvalue weighted by molar-refractivity contribution is 5.35. The molecule has 0 spiro atoms. The smallest absolute Gasteiger partial charge is 0.269 e. The van der Waals surface area contributed by atoms with Gasteiger partial charge in [-0.05, 0) is 17.8 Å². The molecule has 1 aliphatic heterocycles. The molecular weight excluding hydrogens is 194 g/mol. The molecule has 0 aliphatic carbocycles. The Labute approximate surface area is 86.9 Å². The lowest BCUT2D eigenvalue weighted by molar-refractivity contribution is -0.384. The van der Waals surface area contributed by atoms with Crippen molar-refractivity contribution in [2.24, 2.45) is 0 Å². The van der Waals surface area contributed by atoms with Crippen LogP contribution in [0.3, 0.4) is 0 Å². The number of non-ortho nitro benzene ring substituents is 1. The van der Waals surface area contributed by atoms with E-state index in [1.807, 2.05) is 12.3 Å². The molecule has 1 atom stereocenters. The van der Waals surface area contributed by atoms with E-state index in [0.717, 1.165) is 5.56 Å². The zero-order valence-corrected chi connectivity index (χ0v) is 8.01. The number of nitro benzene ring substituents is 1. The molecule has 1 heterocycles. The third kappa shape index (κ3) is 2.13. The van der Waals surface area contributed by atoms with Crippen molar-refractivity contribution in [2.45, 2.75) is 6.04 Å². The van der Waals surface area contributed by atoms with E-state index in [4.69, 9.17) is 0 Å². The first-order chi connectivity index (χ1) is 7.27. The number of hydrogen-bond acceptors (Lipinski definition) is 4. The summed E-state index contributed by atoms with van der Waals surface area (Å²) >= 11 is 0. The lowest BCUT2D eigenvalue weighted by Gasteiger charge is -2.19. The first-order valence-corrected chi connectivity index (χ1v) is 4.65. The van der Waals surface area contributed by atoms with Gasteiger partial charge in [-0.25, -0.2) is 0 Å². The van der Waals surface area contributed by atoms with E-state index in [1.165, 1.54) is 12.1 Å². The molecule has 2 N–H and O–H groups in total. The maximum atomic E-state index is 10.5. The molecule has 5 nitrogen and oxygen atoms in total. The summed E-state index contributed by atoms with van der Waals surface area (Å²) in [7, 11) is 0. The van der Waals surface area contributed by atoms with E-state index in [9.17, 15) is 10.1 Å². The molecule has 0 saturated carbocycles. The number of nitro groups is 1. The summed E-state index contributed by atoms with van der Waals surface area (Å²) in [5.41, 5.74) is 1.15. The molecule has 1 aromatic carbocycles. The number of rotatable bonds is 2. The lowest BCUT2D eigenvalue weighted by atomic mass is 10.1. The van der Waals surface area contributed by atoms with Crippen molar-refractivity contribution in [3.8, 4) is 0 Å². The molecule has 0 amide bonds. The van der Waals surface area contributed by atoms with Crippen LogP contribution in [-0.2, 0) is 0 Å². The first kappa shape index (κ1) is 9.67. The topological polar surface area (TPSA) is 67.2 Å². The van der Waals surface area contributed by atoms with Gasteiger partial charge >= 0.3 is 0 Å². The van der Waals surface area contributed by atoms with Crippen LogP contribution in [0.2, 0.25) is 0 Å². The molecule has 1 aliphatic rings. The zero-order chi connectivity index (χ0) is 10.7. The Balaban J connectivity index is 2.19. The van der Waals surface area contributed by atoms with Crippen LogP contribution in [0, 0.1) is 10.1 Å². The van der Waals surface area contributed by atoms with Gasteiger partial charge in [-0.15, -0.1) is 0 Å². The molecule has 0 aromatic heterocycles. The van der Waals surface area contributed by atoms with Crippen molar-refractivity contribution in [1.82, 2.24) is 10.6 Å². The maximum Gasteiger partial charge on any atom is 0.269 e. The Morgan fingerprint density at radius 2 is 2.07 bits per heavy atom. The van der Waals surface area contributed by atoms with E-state index < -0.39 is 4.92 Å². The van der Waals surface area contributed by atoms with Crippen molar-refractivity contribution in [1.29, 1.82) is 0 Å². The minimum atomic E-state index is -0.393. The molecule has 0 fully saturated rings. The van der Waals surface area contributed by atoms with Gasteiger partial charge in [-0.3, -0.25) is 15.4 Å². The summed E-state index contributed by atoms with van der Waals surface area (Å²) < 4.78 is 0. The van der Waals surface area contributed by atoms with Crippen LogP contribution in [-0.4, -0.2) is 11.6 Å². The Morgan fingerprint density at radius 3 is 2.60 bits per heavy atom. The standard InChI is InChI=1S/C10H11N3O2/c14-13(15)9-3-1-8(2-4-9)10-5-6-11-7-12-10/h1-6,10-12H,7H2. The number of nitrogens with zero attached hydrogens (tertiary/aromatic N) is 1. The van der Waals surface area contributed by atoms with Crippen LogP contribution in [0.25, 0.3) is 0 Å². The van der Waals surface area contributed by atoms with Gasteiger partial charge in [0.1, 0.15) is 0 Å². The first-order valence-electron chi connectivity index (χ1n) is 4.65. The van der Waals surface area contributed by atoms with Crippen molar-refractivity contribution in [2.75, 3.05) is 6.67 Å². The SMILES string of the molecule is O=[N+]([O-])c1ccc(C2C=CNCN2)cc1. The summed E-state index contributed by atoms with van der Waals surface area (Å²) in [6.45, 7) is 0.707. The highest BCUT2D eigenvalue weighted by atomic mass is 16.6. The summed E-state index contributed by atoms with van der Waals surface area (Å²) in [6, 6.07) is 6.71. The molecule has 15 heavy (non-hydrogen) atoms. The van der Waals surface area contributed by atoms with Gasteiger partial charge < -0.3 is 5.32 Å². The van der Waals surface area contributed by atoms with Crippen molar-refractivity contribution in [3.63, 3.8) is 0 Å². The largest absolute Gasteiger partial charge is 0.379 e. The van der Waals surface area contributed by atoms with Crippen molar-refractivity contribution in [3.05, 3.63) is 52.2 Å². The van der Waals surface area contributed by atoms with E-state index >= 15 is 0 Å². The highest BCUT2D eigenvalue weighted by Crippen LogP contribution is 2.19. The van der Waals surface area contributed by atoms with Crippen LogP contribution < -0.4 is 10.6 Å². The van der Waals surface area contributed by atoms with Crippen LogP contribution in [0.5, 0.6) is 0 Å². The normalized spacial score (nSPS) is 19.6. The molecular formula is C10H11N3O2. The van der Waals surface area contributed by atoms with Gasteiger partial charge in [0.2, 0.25) is 0 Å². The van der Waals surface area contributed by atoms with Crippen LogP contribution >= 0.6 is 0 Å². The van der Waals surface area contributed by atoms with Gasteiger partial charge in [0, 0.05) is 12.1 Å². The predicted molar refractivity (Wildman–Crippen MR) is 56.1 cm³/mol. The quantitative estimate of drug-likeness (QED) is 0.564. The Bertz CT molecular complexity index is 386. The molecule has 1 unspecified atom stereocenters. The molecule has 1 aromatic rings. The molecule has 0 saturated heterocycles. The highest BCUT2D eigenvalue weighted by Gasteiger charge is 2.11. The third-order valence-corrected chi connectivity index (χ3v) is 2.29. The van der Waals surface area contributed by atoms with Gasteiger partial charge in [0.25, 0.3) is 5.69 Å². The summed E-state index contributed by atoms with van der Waals surface area (Å²) in [5, 5.41) is 16.7. The number of hydrogen-bond donors (Lipinski definition) is 2. The fraction of sp³-hybridized carbons (Fsp3) is 0.200. The van der Waals surface area contributed by atoms with Gasteiger partial charge in [-0.2, -0.15) is 0 Å². The van der Waals surface area contributed by atoms with E-state index in [0.29, 0.717) is 6.67 Å². The summed E-state index contributed by atoms with van der Waals surface area (Å²) in [6.07, 6.45) is 3.85. The average molecular weight is 205 g/mol. The summed E-state index contributed by atoms with van der Waals surface area (Å²) in [4.78, 5) is 10.1. The monoisotopic (exact) mass is 205 g/mol. The fourth-order valence-electron chi connectivity index (χ4n) is 1.49. The predicted octanol–water partition coefficient (Wildman–Crippen LogP) is 1.30. The molecule has 2 rings (SSSR count). The Morgan fingerprint density at radius 1 is 1.33 bits per heavy atom. The minimum absolute atomic E-state index is 0.122. The maximum absolute atomic E-state index is 10.5. The number of benzene rings is 1. The van der Waals surface area contributed by atoms with Gasteiger partial charge in [0.15, 0.2) is 0 Å². The van der Waals surface area contributed by atoms with Gasteiger partial charge in [0.05, 0.1) is 17.6 Å². The Kier molecular flexibility index (Phi) is 2.64. The van der Waals surface area contributed by atoms with E-state index in [2.05, 4.69) is 10.6 Å². The number of nitrogens with one attached hydrogen (secondary N) is 2. The second-order valence-corrected chi connectivity index (χ2v) is 3.27. The van der Waals surface area contributed by atoms with E-state index in [1.54, 1.807) is 12.1 Å². The molecule has 5 heteroatoms. The lowest BCUT2D eigenvalue weighted by Crippen LogP contribution is -2.32. The van der Waals surface area contributed by atoms with Crippen molar-refractivity contribution < 1.29 is 4.92 Å². The van der Waals surface area contributed by atoms with Crippen LogP contribution in [0.4, 0.5) is 5.69 Å². The third-order valence-electron chi connectivity index (χ3n) is 2.29. The molecule has 0 radical (unpaired) electrons. The Hall–Kier alpha value is -1.88. The second-order valence-electron chi connectivity index (χ2n) is 3.27. The van der Waals surface area contributed by atoms with E-state index in [-0.39, 0.29) is 11.7 Å². The van der Waals surface area contributed by atoms with Crippen molar-refractivity contribution >= 4 is 5.69 Å². The minimum Gasteiger partial charge on any atom is -0.379 e. The van der Waals surface area contributed by atoms with Crippen LogP contribution in [0.1, 0.15) is 11.6 Å². The zero-order valence-electron chi connectivity index (χ0n) is 8.01.